The van der Waals surface area contributed by atoms with E-state index in [1.165, 1.54) is 30.7 Å². The fraction of sp³-hybridized carbons (Fsp3) is 0.714. The highest BCUT2D eigenvalue weighted by molar-refractivity contribution is 7.18. The molecule has 2 saturated heterocycles. The monoisotopic (exact) mass is 309 g/mol. The Bertz CT molecular complexity index is 529. The molecule has 0 aliphatic carbocycles. The molecule has 1 amide bonds. The molecule has 2 aliphatic rings. The van der Waals surface area contributed by atoms with Crippen LogP contribution in [0.15, 0.2) is 0 Å². The number of hydrogen-bond donors (Lipinski definition) is 1. The number of fused-ring (bicyclic) bond motifs is 1. The van der Waals surface area contributed by atoms with Crippen LogP contribution in [-0.4, -0.2) is 67.0 Å². The number of hydrogen-bond acceptors (Lipinski definition) is 6. The van der Waals surface area contributed by atoms with Gasteiger partial charge in [-0.25, -0.2) is 4.98 Å². The second-order valence-electron chi connectivity index (χ2n) is 6.04. The van der Waals surface area contributed by atoms with E-state index in [-0.39, 0.29) is 5.91 Å². The number of carbonyl (C=O) groups excluding carboxylic acids is 1. The van der Waals surface area contributed by atoms with E-state index in [9.17, 15) is 4.79 Å². The van der Waals surface area contributed by atoms with Gasteiger partial charge in [-0.15, -0.1) is 0 Å². The molecule has 3 rings (SSSR count). The molecule has 1 aromatic heterocycles. The molecule has 3 heterocycles. The number of nitrogens with zero attached hydrogens (tertiary/aromatic N) is 4. The van der Waals surface area contributed by atoms with Crippen molar-refractivity contribution in [3.05, 3.63) is 4.88 Å². The minimum absolute atomic E-state index is 0.0480. The summed E-state index contributed by atoms with van der Waals surface area (Å²) in [5.74, 6) is 0.410. The van der Waals surface area contributed by atoms with Gasteiger partial charge >= 0.3 is 0 Å². The fourth-order valence-corrected chi connectivity index (χ4v) is 4.08. The summed E-state index contributed by atoms with van der Waals surface area (Å²) in [6.07, 6.45) is 3.49. The van der Waals surface area contributed by atoms with Crippen molar-refractivity contribution in [3.63, 3.8) is 0 Å². The Morgan fingerprint density at radius 3 is 2.81 bits per heavy atom. The molecular weight excluding hydrogens is 286 g/mol. The van der Waals surface area contributed by atoms with Crippen LogP contribution in [0.3, 0.4) is 0 Å². The summed E-state index contributed by atoms with van der Waals surface area (Å²) in [6.45, 7) is 3.93. The number of amides is 1. The number of nitrogen functional groups attached to an aromatic ring is 1. The van der Waals surface area contributed by atoms with Crippen LogP contribution in [0.5, 0.6) is 0 Å². The molecule has 6 nitrogen and oxygen atoms in total. The second-order valence-corrected chi connectivity index (χ2v) is 7.02. The molecular formula is C14H23N5OS. The molecule has 7 heteroatoms. The summed E-state index contributed by atoms with van der Waals surface area (Å²) in [6, 6.07) is 0.527. The highest BCUT2D eigenvalue weighted by atomic mass is 32.1. The SMILES string of the molecule is CN(C)c1nc(N)c(C(=O)N2CCCN3CCCC3C2)s1. The Kier molecular flexibility index (Phi) is 4.03. The number of aromatic nitrogens is 1. The highest BCUT2D eigenvalue weighted by Crippen LogP contribution is 2.29. The fourth-order valence-electron chi connectivity index (χ4n) is 3.20. The van der Waals surface area contributed by atoms with Crippen molar-refractivity contribution < 1.29 is 4.79 Å². The van der Waals surface area contributed by atoms with Crippen molar-refractivity contribution >= 4 is 28.2 Å². The zero-order valence-corrected chi connectivity index (χ0v) is 13.5. The van der Waals surface area contributed by atoms with E-state index in [2.05, 4.69) is 9.88 Å². The summed E-state index contributed by atoms with van der Waals surface area (Å²) in [4.78, 5) is 24.0. The minimum Gasteiger partial charge on any atom is -0.382 e. The van der Waals surface area contributed by atoms with Gasteiger partial charge in [0.1, 0.15) is 10.7 Å². The Morgan fingerprint density at radius 1 is 1.33 bits per heavy atom. The van der Waals surface area contributed by atoms with Gasteiger partial charge in [0.15, 0.2) is 5.13 Å². The molecule has 0 saturated carbocycles. The first kappa shape index (κ1) is 14.6. The van der Waals surface area contributed by atoms with Crippen LogP contribution in [0.25, 0.3) is 0 Å². The van der Waals surface area contributed by atoms with Gasteiger partial charge in [0.05, 0.1) is 0 Å². The molecule has 0 spiro atoms. The van der Waals surface area contributed by atoms with Gasteiger partial charge in [0.2, 0.25) is 0 Å². The molecule has 0 bridgehead atoms. The maximum atomic E-state index is 12.8. The zero-order chi connectivity index (χ0) is 15.0. The van der Waals surface area contributed by atoms with Crippen LogP contribution in [0.4, 0.5) is 10.9 Å². The lowest BCUT2D eigenvalue weighted by molar-refractivity contribution is 0.0749. The lowest BCUT2D eigenvalue weighted by Crippen LogP contribution is -2.39. The molecule has 1 atom stereocenters. The minimum atomic E-state index is 0.0480. The van der Waals surface area contributed by atoms with E-state index >= 15 is 0 Å². The molecule has 0 radical (unpaired) electrons. The van der Waals surface area contributed by atoms with Crippen molar-refractivity contribution in [2.24, 2.45) is 0 Å². The van der Waals surface area contributed by atoms with Crippen LogP contribution in [0.2, 0.25) is 0 Å². The summed E-state index contributed by atoms with van der Waals surface area (Å²) in [5.41, 5.74) is 5.95. The molecule has 21 heavy (non-hydrogen) atoms. The smallest absolute Gasteiger partial charge is 0.267 e. The summed E-state index contributed by atoms with van der Waals surface area (Å²) in [7, 11) is 3.82. The van der Waals surface area contributed by atoms with E-state index in [0.29, 0.717) is 16.7 Å². The standard InChI is InChI=1S/C14H23N5OS/c1-17(2)14-16-12(15)11(21-14)13(20)19-8-4-7-18-6-3-5-10(18)9-19/h10H,3-9,15H2,1-2H3. The van der Waals surface area contributed by atoms with E-state index in [4.69, 9.17) is 5.73 Å². The normalized spacial score (nSPS) is 23.0. The number of anilines is 2. The number of thiazole rings is 1. The largest absolute Gasteiger partial charge is 0.382 e. The molecule has 116 valence electrons. The van der Waals surface area contributed by atoms with Crippen LogP contribution >= 0.6 is 11.3 Å². The van der Waals surface area contributed by atoms with E-state index in [1.54, 1.807) is 0 Å². The number of rotatable bonds is 2. The predicted molar refractivity (Wildman–Crippen MR) is 86.0 cm³/mol. The average Bonchev–Trinajstić information content (AvgIpc) is 2.99. The third kappa shape index (κ3) is 2.85. The third-order valence-corrected chi connectivity index (χ3v) is 5.54. The van der Waals surface area contributed by atoms with Gasteiger partial charge in [-0.3, -0.25) is 9.69 Å². The maximum Gasteiger partial charge on any atom is 0.267 e. The van der Waals surface area contributed by atoms with Gasteiger partial charge in [0.25, 0.3) is 5.91 Å². The first-order valence-corrected chi connectivity index (χ1v) is 8.35. The Labute approximate surface area is 129 Å². The predicted octanol–water partition coefficient (Wildman–Crippen LogP) is 1.10. The number of carbonyl (C=O) groups is 1. The van der Waals surface area contributed by atoms with Crippen LogP contribution in [0, 0.1) is 0 Å². The van der Waals surface area contributed by atoms with Crippen molar-refractivity contribution in [2.45, 2.75) is 25.3 Å². The first-order valence-electron chi connectivity index (χ1n) is 7.53. The molecule has 1 aromatic rings. The molecule has 2 fully saturated rings. The average molecular weight is 309 g/mol. The summed E-state index contributed by atoms with van der Waals surface area (Å²) in [5, 5.41) is 0.785. The van der Waals surface area contributed by atoms with Gasteiger partial charge in [0, 0.05) is 39.8 Å². The lowest BCUT2D eigenvalue weighted by Gasteiger charge is -2.25. The van der Waals surface area contributed by atoms with E-state index < -0.39 is 0 Å². The molecule has 2 aliphatic heterocycles. The molecule has 1 unspecified atom stereocenters. The number of nitrogens with two attached hydrogens (primary N) is 1. The highest BCUT2D eigenvalue weighted by Gasteiger charge is 2.32. The van der Waals surface area contributed by atoms with Gasteiger partial charge in [-0.2, -0.15) is 0 Å². The van der Waals surface area contributed by atoms with Gasteiger partial charge in [-0.05, 0) is 25.8 Å². The second kappa shape index (κ2) is 5.81. The Balaban J connectivity index is 1.77. The van der Waals surface area contributed by atoms with Crippen molar-refractivity contribution in [2.75, 3.05) is 50.9 Å². The summed E-state index contributed by atoms with van der Waals surface area (Å²) >= 11 is 1.39. The topological polar surface area (TPSA) is 65.7 Å². The third-order valence-electron chi connectivity index (χ3n) is 4.31. The summed E-state index contributed by atoms with van der Waals surface area (Å²) < 4.78 is 0. The quantitative estimate of drug-likeness (QED) is 0.886. The molecule has 0 aromatic carbocycles. The van der Waals surface area contributed by atoms with Crippen molar-refractivity contribution in [1.82, 2.24) is 14.8 Å². The van der Waals surface area contributed by atoms with Gasteiger partial charge in [-0.1, -0.05) is 11.3 Å². The maximum absolute atomic E-state index is 12.8. The van der Waals surface area contributed by atoms with E-state index in [0.717, 1.165) is 31.2 Å². The Morgan fingerprint density at radius 2 is 2.10 bits per heavy atom. The molecule has 2 N–H and O–H groups in total. The van der Waals surface area contributed by atoms with Crippen LogP contribution in [0.1, 0.15) is 28.9 Å². The first-order chi connectivity index (χ1) is 10.1. The Hall–Kier alpha value is -1.34. The van der Waals surface area contributed by atoms with Gasteiger partial charge < -0.3 is 15.5 Å². The van der Waals surface area contributed by atoms with Crippen molar-refractivity contribution in [1.29, 1.82) is 0 Å². The van der Waals surface area contributed by atoms with Crippen LogP contribution < -0.4 is 10.6 Å². The van der Waals surface area contributed by atoms with Crippen molar-refractivity contribution in [3.8, 4) is 0 Å². The lowest BCUT2D eigenvalue weighted by atomic mass is 10.2. The zero-order valence-electron chi connectivity index (χ0n) is 12.7. The van der Waals surface area contributed by atoms with E-state index in [1.807, 2.05) is 23.9 Å². The van der Waals surface area contributed by atoms with Crippen LogP contribution in [-0.2, 0) is 0 Å².